The van der Waals surface area contributed by atoms with E-state index in [9.17, 15) is 0 Å². The Labute approximate surface area is 112 Å². The summed E-state index contributed by atoms with van der Waals surface area (Å²) < 4.78 is 1.37. The maximum Gasteiger partial charge on any atom is 0.165 e. The van der Waals surface area contributed by atoms with Crippen molar-refractivity contribution in [1.82, 2.24) is 9.78 Å². The standard InChI is InChI=1S/C10H5Cl3N4/c11-7-2-6(3-8(12)10(7)13)17-9(15)1-5(4-14)16-17/h1-3H,15H2. The van der Waals surface area contributed by atoms with Crippen molar-refractivity contribution in [2.75, 3.05) is 5.73 Å². The molecule has 0 aliphatic carbocycles. The lowest BCUT2D eigenvalue weighted by atomic mass is 10.3. The summed E-state index contributed by atoms with van der Waals surface area (Å²) in [6, 6.07) is 6.49. The zero-order valence-corrected chi connectivity index (χ0v) is 10.6. The molecule has 0 fully saturated rings. The fourth-order valence-electron chi connectivity index (χ4n) is 1.32. The number of nitrogen functional groups attached to an aromatic ring is 1. The van der Waals surface area contributed by atoms with Crippen LogP contribution in [-0.2, 0) is 0 Å². The Morgan fingerprint density at radius 2 is 1.76 bits per heavy atom. The van der Waals surface area contributed by atoms with E-state index in [1.54, 1.807) is 12.1 Å². The van der Waals surface area contributed by atoms with E-state index in [0.717, 1.165) is 0 Å². The fourth-order valence-corrected chi connectivity index (χ4v) is 1.91. The average molecular weight is 288 g/mol. The van der Waals surface area contributed by atoms with Crippen LogP contribution in [-0.4, -0.2) is 9.78 Å². The Bertz CT molecular complexity index is 604. The lowest BCUT2D eigenvalue weighted by Crippen LogP contribution is -2.01. The molecule has 1 aromatic heterocycles. The lowest BCUT2D eigenvalue weighted by Gasteiger charge is -2.06. The summed E-state index contributed by atoms with van der Waals surface area (Å²) in [7, 11) is 0. The van der Waals surface area contributed by atoms with Gasteiger partial charge in [0.15, 0.2) is 5.69 Å². The van der Waals surface area contributed by atoms with Crippen molar-refractivity contribution in [1.29, 1.82) is 5.26 Å². The first-order valence-electron chi connectivity index (χ1n) is 4.43. The summed E-state index contributed by atoms with van der Waals surface area (Å²) >= 11 is 17.6. The van der Waals surface area contributed by atoms with Crippen LogP contribution in [0, 0.1) is 11.3 Å². The first kappa shape index (κ1) is 12.1. The number of aromatic nitrogens is 2. The fraction of sp³-hybridized carbons (Fsp3) is 0. The molecule has 0 saturated carbocycles. The van der Waals surface area contributed by atoms with Gasteiger partial charge in [0.2, 0.25) is 0 Å². The van der Waals surface area contributed by atoms with Crippen molar-refractivity contribution in [3.63, 3.8) is 0 Å². The summed E-state index contributed by atoms with van der Waals surface area (Å²) in [6.45, 7) is 0. The highest BCUT2D eigenvalue weighted by Gasteiger charge is 2.11. The van der Waals surface area contributed by atoms with Gasteiger partial charge in [-0.25, -0.2) is 4.68 Å². The van der Waals surface area contributed by atoms with Gasteiger partial charge < -0.3 is 5.73 Å². The zero-order chi connectivity index (χ0) is 12.6. The first-order valence-corrected chi connectivity index (χ1v) is 5.57. The quantitative estimate of drug-likeness (QED) is 0.818. The lowest BCUT2D eigenvalue weighted by molar-refractivity contribution is 0.883. The minimum atomic E-state index is 0.213. The second-order valence-corrected chi connectivity index (χ2v) is 4.39. The van der Waals surface area contributed by atoms with E-state index < -0.39 is 0 Å². The summed E-state index contributed by atoms with van der Waals surface area (Å²) in [4.78, 5) is 0. The van der Waals surface area contributed by atoms with Gasteiger partial charge in [-0.1, -0.05) is 34.8 Å². The molecular formula is C10H5Cl3N4. The zero-order valence-electron chi connectivity index (χ0n) is 8.28. The molecular weight excluding hydrogens is 282 g/mol. The van der Waals surface area contributed by atoms with Gasteiger partial charge in [0.25, 0.3) is 0 Å². The van der Waals surface area contributed by atoms with Gasteiger partial charge >= 0.3 is 0 Å². The number of anilines is 1. The molecule has 0 aliphatic rings. The van der Waals surface area contributed by atoms with E-state index >= 15 is 0 Å². The molecule has 4 nitrogen and oxygen atoms in total. The Hall–Kier alpha value is -1.41. The molecule has 1 heterocycles. The highest BCUT2D eigenvalue weighted by Crippen LogP contribution is 2.32. The van der Waals surface area contributed by atoms with Crippen molar-refractivity contribution >= 4 is 40.6 Å². The molecule has 0 radical (unpaired) electrons. The van der Waals surface area contributed by atoms with Crippen molar-refractivity contribution in [2.45, 2.75) is 0 Å². The van der Waals surface area contributed by atoms with Crippen LogP contribution in [0.5, 0.6) is 0 Å². The molecule has 17 heavy (non-hydrogen) atoms. The second kappa shape index (κ2) is 4.46. The second-order valence-electron chi connectivity index (χ2n) is 3.20. The topological polar surface area (TPSA) is 67.6 Å². The molecule has 0 saturated heterocycles. The average Bonchev–Trinajstić information content (AvgIpc) is 2.67. The molecule has 7 heteroatoms. The number of halogens is 3. The molecule has 0 bridgehead atoms. The minimum Gasteiger partial charge on any atom is -0.384 e. The van der Waals surface area contributed by atoms with Gasteiger partial charge in [-0.2, -0.15) is 10.4 Å². The van der Waals surface area contributed by atoms with Gasteiger partial charge in [0.1, 0.15) is 11.9 Å². The van der Waals surface area contributed by atoms with Crippen LogP contribution in [0.1, 0.15) is 5.69 Å². The predicted octanol–water partition coefficient (Wildman–Crippen LogP) is 3.29. The van der Waals surface area contributed by atoms with E-state index in [2.05, 4.69) is 5.10 Å². The van der Waals surface area contributed by atoms with Crippen LogP contribution in [0.25, 0.3) is 5.69 Å². The summed E-state index contributed by atoms with van der Waals surface area (Å²) in [6.07, 6.45) is 0. The molecule has 2 rings (SSSR count). The van der Waals surface area contributed by atoms with Crippen LogP contribution in [0.15, 0.2) is 18.2 Å². The molecule has 0 aliphatic heterocycles. The number of nitrogens with two attached hydrogens (primary N) is 1. The number of benzene rings is 1. The van der Waals surface area contributed by atoms with Crippen molar-refractivity contribution in [3.8, 4) is 11.8 Å². The normalized spacial score (nSPS) is 10.2. The SMILES string of the molecule is N#Cc1cc(N)n(-c2cc(Cl)c(Cl)c(Cl)c2)n1. The first-order chi connectivity index (χ1) is 8.02. The van der Waals surface area contributed by atoms with E-state index in [4.69, 9.17) is 45.8 Å². The van der Waals surface area contributed by atoms with Gasteiger partial charge in [0.05, 0.1) is 20.8 Å². The Balaban J connectivity index is 2.61. The number of nitrogens with zero attached hydrogens (tertiary/aromatic N) is 3. The smallest absolute Gasteiger partial charge is 0.165 e. The van der Waals surface area contributed by atoms with Crippen LogP contribution in [0.4, 0.5) is 5.82 Å². The van der Waals surface area contributed by atoms with E-state index in [1.807, 2.05) is 6.07 Å². The molecule has 86 valence electrons. The van der Waals surface area contributed by atoms with E-state index in [1.165, 1.54) is 10.7 Å². The van der Waals surface area contributed by atoms with Crippen LogP contribution >= 0.6 is 34.8 Å². The molecule has 2 aromatic rings. The maximum atomic E-state index is 8.72. The summed E-state index contributed by atoms with van der Waals surface area (Å²) in [5, 5.41) is 13.6. The molecule has 0 spiro atoms. The Kier molecular flexibility index (Phi) is 3.16. The van der Waals surface area contributed by atoms with Gasteiger partial charge in [-0.3, -0.25) is 0 Å². The minimum absolute atomic E-state index is 0.213. The Morgan fingerprint density at radius 3 is 2.24 bits per heavy atom. The van der Waals surface area contributed by atoms with Crippen molar-refractivity contribution < 1.29 is 0 Å². The number of nitriles is 1. The predicted molar refractivity (Wildman–Crippen MR) is 67.7 cm³/mol. The van der Waals surface area contributed by atoms with Crippen LogP contribution in [0.2, 0.25) is 15.1 Å². The van der Waals surface area contributed by atoms with Crippen LogP contribution in [0.3, 0.4) is 0 Å². The van der Waals surface area contributed by atoms with E-state index in [0.29, 0.717) is 21.6 Å². The molecule has 0 unspecified atom stereocenters. The van der Waals surface area contributed by atoms with E-state index in [-0.39, 0.29) is 10.7 Å². The van der Waals surface area contributed by atoms with Crippen molar-refractivity contribution in [2.24, 2.45) is 0 Å². The third kappa shape index (κ3) is 2.18. The monoisotopic (exact) mass is 286 g/mol. The number of rotatable bonds is 1. The summed E-state index contributed by atoms with van der Waals surface area (Å²) in [5.74, 6) is 0.316. The van der Waals surface area contributed by atoms with Crippen molar-refractivity contribution in [3.05, 3.63) is 39.0 Å². The highest BCUT2D eigenvalue weighted by molar-refractivity contribution is 6.48. The van der Waals surface area contributed by atoms with Gasteiger partial charge in [0, 0.05) is 6.07 Å². The van der Waals surface area contributed by atoms with Gasteiger partial charge in [-0.05, 0) is 12.1 Å². The maximum absolute atomic E-state index is 8.72. The van der Waals surface area contributed by atoms with Crippen LogP contribution < -0.4 is 5.73 Å². The third-order valence-corrected chi connectivity index (χ3v) is 3.26. The van der Waals surface area contributed by atoms with Gasteiger partial charge in [-0.15, -0.1) is 0 Å². The molecule has 0 amide bonds. The highest BCUT2D eigenvalue weighted by atomic mass is 35.5. The molecule has 1 aromatic carbocycles. The number of hydrogen-bond acceptors (Lipinski definition) is 3. The molecule has 2 N–H and O–H groups in total. The molecule has 0 atom stereocenters. The largest absolute Gasteiger partial charge is 0.384 e. The number of hydrogen-bond donors (Lipinski definition) is 1. The summed E-state index contributed by atoms with van der Waals surface area (Å²) in [5.41, 5.74) is 6.47. The Morgan fingerprint density at radius 1 is 1.18 bits per heavy atom. The third-order valence-electron chi connectivity index (χ3n) is 2.06.